The van der Waals surface area contributed by atoms with Gasteiger partial charge in [-0.05, 0) is 30.3 Å². The molecule has 3 rings (SSSR count). The lowest BCUT2D eigenvalue weighted by molar-refractivity contribution is -0.119. The summed E-state index contributed by atoms with van der Waals surface area (Å²) >= 11 is 5.75. The van der Waals surface area contributed by atoms with Crippen molar-refractivity contribution < 1.29 is 18.7 Å². The molecule has 7 nitrogen and oxygen atoms in total. The van der Waals surface area contributed by atoms with Crippen LogP contribution < -0.4 is 11.0 Å². The van der Waals surface area contributed by atoms with E-state index in [1.54, 1.807) is 18.2 Å². The van der Waals surface area contributed by atoms with Crippen molar-refractivity contribution in [2.45, 2.75) is 0 Å². The molecule has 0 aliphatic heterocycles. The number of rotatable bonds is 4. The van der Waals surface area contributed by atoms with Crippen LogP contribution in [0.25, 0.3) is 11.0 Å². The molecule has 0 spiro atoms. The lowest BCUT2D eigenvalue weighted by Crippen LogP contribution is -2.21. The number of esters is 1. The summed E-state index contributed by atoms with van der Waals surface area (Å²) in [5.41, 5.74) is 0.701. The number of benzene rings is 2. The fourth-order valence-electron chi connectivity index (χ4n) is 2.20. The molecule has 0 radical (unpaired) electrons. The average molecular weight is 364 g/mol. The first-order chi connectivity index (χ1) is 11.9. The molecule has 9 heteroatoms. The third-order valence-electron chi connectivity index (χ3n) is 3.30. The molecule has 2 aromatic carbocycles. The van der Waals surface area contributed by atoms with E-state index in [1.807, 2.05) is 0 Å². The number of hydrogen-bond acceptors (Lipinski definition) is 4. The molecule has 0 saturated heterocycles. The normalized spacial score (nSPS) is 10.6. The van der Waals surface area contributed by atoms with E-state index in [-0.39, 0.29) is 10.7 Å². The number of imidazole rings is 1. The number of aromatic nitrogens is 2. The van der Waals surface area contributed by atoms with Crippen LogP contribution in [-0.2, 0) is 9.53 Å². The Morgan fingerprint density at radius 3 is 2.68 bits per heavy atom. The molecule has 0 aliphatic carbocycles. The Hall–Kier alpha value is -3.13. The number of ether oxygens (including phenoxy) is 1. The van der Waals surface area contributed by atoms with E-state index in [4.69, 9.17) is 16.3 Å². The molecule has 3 N–H and O–H groups in total. The van der Waals surface area contributed by atoms with Crippen molar-refractivity contribution in [2.24, 2.45) is 0 Å². The Balaban J connectivity index is 1.64. The predicted molar refractivity (Wildman–Crippen MR) is 89.2 cm³/mol. The van der Waals surface area contributed by atoms with Gasteiger partial charge in [-0.3, -0.25) is 4.79 Å². The minimum Gasteiger partial charge on any atom is -0.452 e. The number of halogens is 2. The molecule has 0 unspecified atom stereocenters. The SMILES string of the molecule is O=C(COC(=O)c1c(F)cccc1Cl)Nc1ccc2[nH]c(=O)[nH]c2c1. The van der Waals surface area contributed by atoms with Gasteiger partial charge in [-0.2, -0.15) is 0 Å². The monoisotopic (exact) mass is 363 g/mol. The van der Waals surface area contributed by atoms with E-state index < -0.39 is 29.9 Å². The molecule has 0 fully saturated rings. The quantitative estimate of drug-likeness (QED) is 0.619. The number of carbonyl (C=O) groups excluding carboxylic acids is 2. The van der Waals surface area contributed by atoms with Gasteiger partial charge >= 0.3 is 11.7 Å². The minimum absolute atomic E-state index is 0.104. The summed E-state index contributed by atoms with van der Waals surface area (Å²) in [6, 6.07) is 8.47. The summed E-state index contributed by atoms with van der Waals surface area (Å²) in [7, 11) is 0. The van der Waals surface area contributed by atoms with Crippen LogP contribution in [0.2, 0.25) is 5.02 Å². The Morgan fingerprint density at radius 2 is 1.92 bits per heavy atom. The zero-order valence-corrected chi connectivity index (χ0v) is 13.3. The zero-order chi connectivity index (χ0) is 18.0. The lowest BCUT2D eigenvalue weighted by atomic mass is 10.2. The van der Waals surface area contributed by atoms with Crippen molar-refractivity contribution in [1.29, 1.82) is 0 Å². The zero-order valence-electron chi connectivity index (χ0n) is 12.6. The number of carbonyl (C=O) groups is 2. The highest BCUT2D eigenvalue weighted by Crippen LogP contribution is 2.20. The van der Waals surface area contributed by atoms with Crippen LogP contribution in [0.5, 0.6) is 0 Å². The fourth-order valence-corrected chi connectivity index (χ4v) is 2.44. The van der Waals surface area contributed by atoms with Crippen molar-refractivity contribution in [3.8, 4) is 0 Å². The molecular formula is C16H11ClFN3O4. The van der Waals surface area contributed by atoms with Gasteiger partial charge in [0.1, 0.15) is 11.4 Å². The standard InChI is InChI=1S/C16H11ClFN3O4/c17-9-2-1-3-10(18)14(9)15(23)25-7-13(22)19-8-4-5-11-12(6-8)21-16(24)20-11/h1-6H,7H2,(H,19,22)(H2,20,21,24). The van der Waals surface area contributed by atoms with E-state index >= 15 is 0 Å². The number of fused-ring (bicyclic) bond motifs is 1. The number of aromatic amines is 2. The molecule has 0 atom stereocenters. The highest BCUT2D eigenvalue weighted by atomic mass is 35.5. The first-order valence-corrected chi connectivity index (χ1v) is 7.45. The summed E-state index contributed by atoms with van der Waals surface area (Å²) in [5, 5.41) is 2.40. The van der Waals surface area contributed by atoms with Crippen molar-refractivity contribution in [3.63, 3.8) is 0 Å². The van der Waals surface area contributed by atoms with Gasteiger partial charge in [-0.1, -0.05) is 17.7 Å². The fraction of sp³-hybridized carbons (Fsp3) is 0.0625. The van der Waals surface area contributed by atoms with Gasteiger partial charge < -0.3 is 20.0 Å². The maximum absolute atomic E-state index is 13.6. The lowest BCUT2D eigenvalue weighted by Gasteiger charge is -2.08. The largest absolute Gasteiger partial charge is 0.452 e. The van der Waals surface area contributed by atoms with Gasteiger partial charge in [-0.15, -0.1) is 0 Å². The highest BCUT2D eigenvalue weighted by Gasteiger charge is 2.18. The van der Waals surface area contributed by atoms with Gasteiger partial charge in [0.05, 0.1) is 16.1 Å². The molecule has 1 heterocycles. The van der Waals surface area contributed by atoms with E-state index in [0.29, 0.717) is 16.7 Å². The minimum atomic E-state index is -1.04. The second kappa shape index (κ2) is 6.78. The molecule has 0 aliphatic rings. The van der Waals surface area contributed by atoms with E-state index in [2.05, 4.69) is 15.3 Å². The number of H-pyrrole nitrogens is 2. The van der Waals surface area contributed by atoms with Crippen molar-refractivity contribution in [2.75, 3.05) is 11.9 Å². The van der Waals surface area contributed by atoms with Crippen LogP contribution in [0.15, 0.2) is 41.2 Å². The summed E-state index contributed by atoms with van der Waals surface area (Å²) in [6.45, 7) is -0.620. The van der Waals surface area contributed by atoms with Crippen LogP contribution in [0.1, 0.15) is 10.4 Å². The van der Waals surface area contributed by atoms with E-state index in [9.17, 15) is 18.8 Å². The molecule has 0 bridgehead atoms. The summed E-state index contributed by atoms with van der Waals surface area (Å²) in [5.74, 6) is -2.50. The van der Waals surface area contributed by atoms with Crippen LogP contribution in [-0.4, -0.2) is 28.5 Å². The topological polar surface area (TPSA) is 104 Å². The Kier molecular flexibility index (Phi) is 4.53. The summed E-state index contributed by atoms with van der Waals surface area (Å²) < 4.78 is 18.4. The average Bonchev–Trinajstić information content (AvgIpc) is 2.92. The Labute approximate surface area is 144 Å². The third kappa shape index (κ3) is 3.69. The maximum atomic E-state index is 13.6. The molecular weight excluding hydrogens is 353 g/mol. The molecule has 3 aromatic rings. The van der Waals surface area contributed by atoms with Gasteiger partial charge in [0, 0.05) is 5.69 Å². The summed E-state index contributed by atoms with van der Waals surface area (Å²) in [4.78, 5) is 40.0. The first-order valence-electron chi connectivity index (χ1n) is 7.07. The summed E-state index contributed by atoms with van der Waals surface area (Å²) in [6.07, 6.45) is 0. The smallest absolute Gasteiger partial charge is 0.343 e. The third-order valence-corrected chi connectivity index (χ3v) is 3.62. The molecule has 1 aromatic heterocycles. The number of nitrogens with one attached hydrogen (secondary N) is 3. The molecule has 25 heavy (non-hydrogen) atoms. The Bertz CT molecular complexity index is 1010. The van der Waals surface area contributed by atoms with Crippen molar-refractivity contribution in [1.82, 2.24) is 9.97 Å². The Morgan fingerprint density at radius 1 is 1.16 bits per heavy atom. The second-order valence-electron chi connectivity index (χ2n) is 5.06. The molecule has 1 amide bonds. The van der Waals surface area contributed by atoms with Gasteiger partial charge in [0.25, 0.3) is 5.91 Å². The van der Waals surface area contributed by atoms with Crippen LogP contribution >= 0.6 is 11.6 Å². The van der Waals surface area contributed by atoms with Gasteiger partial charge in [0.2, 0.25) is 0 Å². The maximum Gasteiger partial charge on any atom is 0.343 e. The number of anilines is 1. The van der Waals surface area contributed by atoms with Crippen LogP contribution in [0.4, 0.5) is 10.1 Å². The highest BCUT2D eigenvalue weighted by molar-refractivity contribution is 6.33. The number of amides is 1. The van der Waals surface area contributed by atoms with Gasteiger partial charge in [0.15, 0.2) is 6.61 Å². The van der Waals surface area contributed by atoms with Crippen molar-refractivity contribution >= 4 is 40.2 Å². The molecule has 128 valence electrons. The number of hydrogen-bond donors (Lipinski definition) is 3. The predicted octanol–water partition coefficient (Wildman–Crippen LogP) is 2.44. The van der Waals surface area contributed by atoms with Crippen LogP contribution in [0.3, 0.4) is 0 Å². The second-order valence-corrected chi connectivity index (χ2v) is 5.47. The van der Waals surface area contributed by atoms with E-state index in [0.717, 1.165) is 6.07 Å². The molecule has 0 saturated carbocycles. The van der Waals surface area contributed by atoms with Crippen molar-refractivity contribution in [3.05, 3.63) is 63.3 Å². The van der Waals surface area contributed by atoms with E-state index in [1.165, 1.54) is 12.1 Å². The van der Waals surface area contributed by atoms with Crippen LogP contribution in [0, 0.1) is 5.82 Å². The van der Waals surface area contributed by atoms with Gasteiger partial charge in [-0.25, -0.2) is 14.0 Å². The first kappa shape index (κ1) is 16.7.